The zero-order valence-electron chi connectivity index (χ0n) is 23.8. The van der Waals surface area contributed by atoms with Gasteiger partial charge in [0.15, 0.2) is 0 Å². The largest absolute Gasteiger partial charge is 0.467 e. The molecule has 2 aromatic rings. The molecule has 1 aromatic heterocycles. The number of amides is 4. The number of carbonyl (C=O) groups excluding carboxylic acids is 5. The van der Waals surface area contributed by atoms with Crippen LogP contribution >= 0.6 is 0 Å². The summed E-state index contributed by atoms with van der Waals surface area (Å²) in [5.74, 6) is -3.81. The van der Waals surface area contributed by atoms with E-state index in [0.717, 1.165) is 19.3 Å². The second-order valence-electron chi connectivity index (χ2n) is 11.5. The van der Waals surface area contributed by atoms with Crippen LogP contribution in [0.2, 0.25) is 0 Å². The van der Waals surface area contributed by atoms with Crippen LogP contribution in [-0.2, 0) is 23.9 Å². The maximum atomic E-state index is 13.9. The van der Waals surface area contributed by atoms with E-state index in [-0.39, 0.29) is 30.4 Å². The Morgan fingerprint density at radius 2 is 1.84 bits per heavy atom. The molecule has 13 heteroatoms. The number of ether oxygens (including phenoxy) is 1. The van der Waals surface area contributed by atoms with E-state index in [0.29, 0.717) is 24.9 Å². The van der Waals surface area contributed by atoms with Gasteiger partial charge in [0.05, 0.1) is 13.3 Å². The summed E-state index contributed by atoms with van der Waals surface area (Å²) in [5.41, 5.74) is -0.758. The van der Waals surface area contributed by atoms with Crippen molar-refractivity contribution in [2.24, 2.45) is 11.8 Å². The number of benzene rings is 1. The topological polar surface area (TPSA) is 168 Å². The number of nitrogens with one attached hydrogen (secondary N) is 4. The van der Waals surface area contributed by atoms with Crippen molar-refractivity contribution in [3.8, 4) is 0 Å². The monoisotopic (exact) mass is 594 g/mol. The Balaban J connectivity index is 1.34. The number of rotatable bonds is 12. The minimum Gasteiger partial charge on any atom is -0.467 e. The Bertz CT molecular complexity index is 1370. The number of hydrogen-bond acceptors (Lipinski definition) is 8. The number of hydrogen-bond donors (Lipinski definition) is 4. The summed E-state index contributed by atoms with van der Waals surface area (Å²) in [6, 6.07) is 3.59. The molecule has 2 aliphatic carbocycles. The molecule has 4 amide bonds. The summed E-state index contributed by atoms with van der Waals surface area (Å²) < 4.78 is 18.5. The van der Waals surface area contributed by atoms with E-state index in [9.17, 15) is 28.4 Å². The van der Waals surface area contributed by atoms with Gasteiger partial charge in [-0.2, -0.15) is 0 Å². The van der Waals surface area contributed by atoms with Gasteiger partial charge in [0.1, 0.15) is 29.1 Å². The van der Waals surface area contributed by atoms with E-state index in [1.54, 1.807) is 12.1 Å². The molecule has 0 bridgehead atoms. The van der Waals surface area contributed by atoms with Gasteiger partial charge in [0.25, 0.3) is 5.91 Å². The third-order valence-corrected chi connectivity index (χ3v) is 8.38. The molecule has 228 valence electrons. The first-order valence-electron chi connectivity index (χ1n) is 14.5. The average molecular weight is 595 g/mol. The number of nitrogens with zero attached hydrogens (tertiary/aromatic N) is 2. The molecular weight excluding hydrogens is 559 g/mol. The first kappa shape index (κ1) is 30.1. The molecule has 2 heterocycles. The van der Waals surface area contributed by atoms with Crippen molar-refractivity contribution < 1.29 is 33.1 Å². The molecule has 1 aliphatic heterocycles. The smallest absolute Gasteiger partial charge is 0.328 e. The lowest BCUT2D eigenvalue weighted by atomic mass is 9.91. The van der Waals surface area contributed by atoms with Crippen LogP contribution in [0, 0.1) is 17.7 Å². The van der Waals surface area contributed by atoms with Gasteiger partial charge in [-0.05, 0) is 55.7 Å². The quantitative estimate of drug-likeness (QED) is 0.265. The molecule has 3 fully saturated rings. The van der Waals surface area contributed by atoms with Crippen molar-refractivity contribution in [1.29, 1.82) is 0 Å². The van der Waals surface area contributed by atoms with Gasteiger partial charge < -0.3 is 26.0 Å². The summed E-state index contributed by atoms with van der Waals surface area (Å²) in [6.07, 6.45) is 7.81. The van der Waals surface area contributed by atoms with Gasteiger partial charge in [-0.1, -0.05) is 25.0 Å². The predicted octanol–water partition coefficient (Wildman–Crippen LogP) is 1.13. The minimum atomic E-state index is -1.42. The van der Waals surface area contributed by atoms with Crippen LogP contribution in [0.3, 0.4) is 0 Å². The molecular formula is C30H35FN6O6. The highest BCUT2D eigenvalue weighted by Crippen LogP contribution is 2.52. The lowest BCUT2D eigenvalue weighted by molar-refractivity contribution is -0.146. The van der Waals surface area contributed by atoms with Crippen LogP contribution in [-0.4, -0.2) is 70.8 Å². The van der Waals surface area contributed by atoms with E-state index in [1.165, 1.54) is 37.8 Å². The zero-order chi connectivity index (χ0) is 30.6. The number of piperidine rings is 1. The highest BCUT2D eigenvalue weighted by molar-refractivity contribution is 6.02. The molecule has 5 atom stereocenters. The molecule has 12 nitrogen and oxygen atoms in total. The van der Waals surface area contributed by atoms with Gasteiger partial charge in [-0.15, -0.1) is 0 Å². The molecule has 43 heavy (non-hydrogen) atoms. The van der Waals surface area contributed by atoms with Crippen LogP contribution < -0.4 is 21.3 Å². The van der Waals surface area contributed by atoms with E-state index in [1.807, 2.05) is 0 Å². The maximum Gasteiger partial charge on any atom is 0.328 e. The van der Waals surface area contributed by atoms with Crippen molar-refractivity contribution in [3.63, 3.8) is 0 Å². The number of halogens is 1. The fourth-order valence-electron chi connectivity index (χ4n) is 5.67. The second-order valence-corrected chi connectivity index (χ2v) is 11.5. The average Bonchev–Trinajstić information content (AvgIpc) is 3.95. The van der Waals surface area contributed by atoms with Gasteiger partial charge in [0, 0.05) is 30.8 Å². The SMILES string of the molecule is COC(=O)[C@H](C[C@@H]1CCCNC1=O)NC(=O)[C@H](CC1CC1)NC(=O)C1(NC(=O)c2cnccn2)CC1c1ccc(F)cc1. The van der Waals surface area contributed by atoms with E-state index in [4.69, 9.17) is 4.74 Å². The van der Waals surface area contributed by atoms with Crippen LogP contribution in [0.5, 0.6) is 0 Å². The van der Waals surface area contributed by atoms with Crippen molar-refractivity contribution in [3.05, 3.63) is 59.9 Å². The van der Waals surface area contributed by atoms with E-state index >= 15 is 0 Å². The van der Waals surface area contributed by atoms with Gasteiger partial charge >= 0.3 is 5.97 Å². The van der Waals surface area contributed by atoms with Crippen LogP contribution in [0.15, 0.2) is 42.9 Å². The van der Waals surface area contributed by atoms with E-state index < -0.39 is 59.0 Å². The third kappa shape index (κ3) is 7.15. The molecule has 2 unspecified atom stereocenters. The Hall–Kier alpha value is -4.42. The normalized spacial score (nSPS) is 24.1. The molecule has 1 saturated heterocycles. The van der Waals surface area contributed by atoms with Gasteiger partial charge in [-0.25, -0.2) is 14.2 Å². The Kier molecular flexibility index (Phi) is 8.97. The lowest BCUT2D eigenvalue weighted by Crippen LogP contribution is -2.58. The van der Waals surface area contributed by atoms with Crippen LogP contribution in [0.25, 0.3) is 0 Å². The summed E-state index contributed by atoms with van der Waals surface area (Å²) in [6.45, 7) is 0.564. The molecule has 2 saturated carbocycles. The second kappa shape index (κ2) is 12.8. The molecule has 1 aromatic carbocycles. The standard InChI is InChI=1S/C30H35FN6O6/c1-43-28(41)23(14-19-3-2-10-34-25(19)38)35-26(39)22(13-17-4-5-17)36-29(42)30(37-27(40)24-16-32-11-12-33-24)15-21(30)18-6-8-20(31)9-7-18/h6-9,11-12,16-17,19,21-23H,2-5,10,13-15H2,1H3,(H,34,38)(H,35,39)(H,36,42)(H,37,40)/t19-,21?,22-,23-,30?/m0/s1. The molecule has 0 radical (unpaired) electrons. The zero-order valence-corrected chi connectivity index (χ0v) is 23.8. The predicted molar refractivity (Wildman–Crippen MR) is 150 cm³/mol. The molecule has 4 N–H and O–H groups in total. The summed E-state index contributed by atoms with van der Waals surface area (Å²) >= 11 is 0. The number of esters is 1. The fourth-order valence-corrected chi connectivity index (χ4v) is 5.67. The summed E-state index contributed by atoms with van der Waals surface area (Å²) in [7, 11) is 1.21. The third-order valence-electron chi connectivity index (χ3n) is 8.38. The first-order valence-corrected chi connectivity index (χ1v) is 14.5. The summed E-state index contributed by atoms with van der Waals surface area (Å²) in [4.78, 5) is 73.5. The highest BCUT2D eigenvalue weighted by atomic mass is 19.1. The number of methoxy groups -OCH3 is 1. The van der Waals surface area contributed by atoms with Crippen molar-refractivity contribution in [2.45, 2.75) is 68.5 Å². The Labute approximate surface area is 247 Å². The number of aromatic nitrogens is 2. The van der Waals surface area contributed by atoms with Crippen molar-refractivity contribution >= 4 is 29.6 Å². The van der Waals surface area contributed by atoms with Gasteiger partial charge in [-0.3, -0.25) is 24.2 Å². The molecule has 5 rings (SSSR count). The number of carbonyl (C=O) groups is 5. The molecule has 3 aliphatic rings. The summed E-state index contributed by atoms with van der Waals surface area (Å²) in [5, 5.41) is 11.1. The van der Waals surface area contributed by atoms with Gasteiger partial charge in [0.2, 0.25) is 17.7 Å². The minimum absolute atomic E-state index is 0.0133. The lowest BCUT2D eigenvalue weighted by Gasteiger charge is -2.28. The van der Waals surface area contributed by atoms with E-state index in [2.05, 4.69) is 31.2 Å². The van der Waals surface area contributed by atoms with Crippen LogP contribution in [0.4, 0.5) is 4.39 Å². The van der Waals surface area contributed by atoms with Crippen molar-refractivity contribution in [1.82, 2.24) is 31.2 Å². The maximum absolute atomic E-state index is 13.9. The van der Waals surface area contributed by atoms with Crippen molar-refractivity contribution in [2.75, 3.05) is 13.7 Å². The van der Waals surface area contributed by atoms with Crippen LogP contribution in [0.1, 0.15) is 66.9 Å². The Morgan fingerprint density at radius 3 is 2.49 bits per heavy atom. The molecule has 0 spiro atoms. The first-order chi connectivity index (χ1) is 20.7. The highest BCUT2D eigenvalue weighted by Gasteiger charge is 2.62. The fraction of sp³-hybridized carbons (Fsp3) is 0.500. The Morgan fingerprint density at radius 1 is 1.07 bits per heavy atom.